The lowest BCUT2D eigenvalue weighted by Gasteiger charge is -2.14. The van der Waals surface area contributed by atoms with Crippen molar-refractivity contribution in [2.24, 2.45) is 0 Å². The summed E-state index contributed by atoms with van der Waals surface area (Å²) in [5.41, 5.74) is 3.34. The molecule has 0 amide bonds. The van der Waals surface area contributed by atoms with Gasteiger partial charge in [-0.15, -0.1) is 0 Å². The number of hydrogen-bond donors (Lipinski definition) is 0. The molecular weight excluding hydrogens is 443 g/mol. The summed E-state index contributed by atoms with van der Waals surface area (Å²) in [6.45, 7) is 1.95. The highest BCUT2D eigenvalue weighted by Gasteiger charge is 2.13. The maximum absolute atomic E-state index is 10.8. The van der Waals surface area contributed by atoms with Gasteiger partial charge in [0.15, 0.2) is 0 Å². The predicted molar refractivity (Wildman–Crippen MR) is 112 cm³/mol. The van der Waals surface area contributed by atoms with Crippen molar-refractivity contribution >= 4 is 28.6 Å². The minimum absolute atomic E-state index is 0.212. The number of esters is 1. The molecule has 0 heterocycles. The summed E-state index contributed by atoms with van der Waals surface area (Å²) in [5, 5.41) is 0. The fraction of sp³-hybridized carbons (Fsp3) is 0.381. The number of benzene rings is 2. The molecule has 0 aliphatic rings. The third-order valence-corrected chi connectivity index (χ3v) is 4.80. The molecule has 0 spiro atoms. The molecule has 0 radical (unpaired) electrons. The summed E-state index contributed by atoms with van der Waals surface area (Å²) in [5.74, 6) is 1.46. The molecule has 4 nitrogen and oxygen atoms in total. The fourth-order valence-electron chi connectivity index (χ4n) is 2.84. The van der Waals surface area contributed by atoms with Crippen molar-refractivity contribution in [3.8, 4) is 22.6 Å². The molecule has 0 saturated carbocycles. The number of hydrogen-bond acceptors (Lipinski definition) is 4. The number of carbonyl (C=O) groups excluding carboxylic acids is 1. The second-order valence-corrected chi connectivity index (χ2v) is 7.28. The van der Waals surface area contributed by atoms with Gasteiger partial charge < -0.3 is 14.2 Å². The van der Waals surface area contributed by atoms with E-state index in [4.69, 9.17) is 14.2 Å². The van der Waals surface area contributed by atoms with E-state index in [0.717, 1.165) is 51.9 Å². The molecular formula is C21H25IO4. The van der Waals surface area contributed by atoms with Crippen molar-refractivity contribution in [3.05, 3.63) is 45.5 Å². The van der Waals surface area contributed by atoms with Crippen LogP contribution in [0.1, 0.15) is 31.7 Å². The number of unbranched alkanes of at least 4 members (excludes halogenated alkanes) is 2. The van der Waals surface area contributed by atoms with E-state index >= 15 is 0 Å². The predicted octanol–water partition coefficient (Wildman–Crippen LogP) is 5.25. The number of rotatable bonds is 9. The SMILES string of the molecule is COc1ccc(I)cc1-c1cc(CCCCCOC(C)=O)ccc1OC. The van der Waals surface area contributed by atoms with Gasteiger partial charge in [-0.2, -0.15) is 0 Å². The Bertz CT molecular complexity index is 743. The molecule has 26 heavy (non-hydrogen) atoms. The van der Waals surface area contributed by atoms with E-state index in [9.17, 15) is 4.79 Å². The summed E-state index contributed by atoms with van der Waals surface area (Å²) in [7, 11) is 3.37. The molecule has 0 atom stereocenters. The Balaban J connectivity index is 2.11. The summed E-state index contributed by atoms with van der Waals surface area (Å²) in [6.07, 6.45) is 3.95. The van der Waals surface area contributed by atoms with E-state index in [1.165, 1.54) is 12.5 Å². The molecule has 2 aromatic rings. The third kappa shape index (κ3) is 5.90. The fourth-order valence-corrected chi connectivity index (χ4v) is 3.33. The van der Waals surface area contributed by atoms with Gasteiger partial charge in [-0.1, -0.05) is 6.07 Å². The van der Waals surface area contributed by atoms with Gasteiger partial charge in [0.1, 0.15) is 11.5 Å². The highest BCUT2D eigenvalue weighted by atomic mass is 127. The van der Waals surface area contributed by atoms with Crippen LogP contribution >= 0.6 is 22.6 Å². The van der Waals surface area contributed by atoms with Gasteiger partial charge in [0.2, 0.25) is 0 Å². The first-order valence-corrected chi connectivity index (χ1v) is 9.77. The van der Waals surface area contributed by atoms with Crippen LogP contribution in [0.2, 0.25) is 0 Å². The summed E-state index contributed by atoms with van der Waals surface area (Å²) >= 11 is 2.31. The highest BCUT2D eigenvalue weighted by Crippen LogP contribution is 2.38. The second-order valence-electron chi connectivity index (χ2n) is 6.03. The van der Waals surface area contributed by atoms with Crippen LogP contribution in [0.15, 0.2) is 36.4 Å². The second kappa shape index (κ2) is 10.4. The zero-order chi connectivity index (χ0) is 18.9. The molecule has 0 fully saturated rings. The molecule has 0 aliphatic heterocycles. The molecule has 2 aromatic carbocycles. The van der Waals surface area contributed by atoms with Crippen LogP contribution < -0.4 is 9.47 Å². The lowest BCUT2D eigenvalue weighted by atomic mass is 9.98. The standard InChI is InChI=1S/C21H25IO4/c1-15(23)26-12-6-4-5-7-16-8-10-20(24-2)18(13-16)19-14-17(22)9-11-21(19)25-3/h8-11,13-14H,4-7,12H2,1-3H3. The first-order valence-electron chi connectivity index (χ1n) is 8.69. The third-order valence-electron chi connectivity index (χ3n) is 4.13. The summed E-state index contributed by atoms with van der Waals surface area (Å²) < 4.78 is 17.2. The number of carbonyl (C=O) groups is 1. The normalized spacial score (nSPS) is 10.5. The largest absolute Gasteiger partial charge is 0.496 e. The first kappa shape index (κ1) is 20.6. The minimum atomic E-state index is -0.212. The van der Waals surface area contributed by atoms with Gasteiger partial charge in [-0.25, -0.2) is 0 Å². The van der Waals surface area contributed by atoms with Gasteiger partial charge in [0, 0.05) is 21.6 Å². The van der Waals surface area contributed by atoms with E-state index in [1.807, 2.05) is 18.2 Å². The van der Waals surface area contributed by atoms with E-state index < -0.39 is 0 Å². The number of methoxy groups -OCH3 is 2. The van der Waals surface area contributed by atoms with Crippen LogP contribution in [0.5, 0.6) is 11.5 Å². The Labute approximate surface area is 169 Å². The molecule has 0 N–H and O–H groups in total. The van der Waals surface area contributed by atoms with E-state index in [0.29, 0.717) is 6.61 Å². The average molecular weight is 468 g/mol. The van der Waals surface area contributed by atoms with Crippen LogP contribution in [0.25, 0.3) is 11.1 Å². The van der Waals surface area contributed by atoms with Gasteiger partial charge in [0.05, 0.1) is 20.8 Å². The van der Waals surface area contributed by atoms with Crippen molar-refractivity contribution in [2.75, 3.05) is 20.8 Å². The monoisotopic (exact) mass is 468 g/mol. The van der Waals surface area contributed by atoms with Crippen LogP contribution in [-0.4, -0.2) is 26.8 Å². The van der Waals surface area contributed by atoms with Gasteiger partial charge >= 0.3 is 5.97 Å². The number of ether oxygens (including phenoxy) is 3. The van der Waals surface area contributed by atoms with Crippen LogP contribution in [0.3, 0.4) is 0 Å². The Morgan fingerprint density at radius 1 is 0.923 bits per heavy atom. The molecule has 0 aliphatic carbocycles. The lowest BCUT2D eigenvalue weighted by Crippen LogP contribution is -2.00. The molecule has 0 unspecified atom stereocenters. The Hall–Kier alpha value is -1.76. The summed E-state index contributed by atoms with van der Waals surface area (Å²) in [6, 6.07) is 12.4. The number of halogens is 1. The first-order chi connectivity index (χ1) is 12.5. The quantitative estimate of drug-likeness (QED) is 0.287. The topological polar surface area (TPSA) is 44.8 Å². The number of aryl methyl sites for hydroxylation is 1. The van der Waals surface area contributed by atoms with Gasteiger partial charge in [-0.3, -0.25) is 4.79 Å². The smallest absolute Gasteiger partial charge is 0.302 e. The van der Waals surface area contributed by atoms with Crippen molar-refractivity contribution in [1.82, 2.24) is 0 Å². The maximum Gasteiger partial charge on any atom is 0.302 e. The average Bonchev–Trinajstić information content (AvgIpc) is 2.64. The Morgan fingerprint density at radius 2 is 1.58 bits per heavy atom. The zero-order valence-corrected chi connectivity index (χ0v) is 17.7. The van der Waals surface area contributed by atoms with Crippen molar-refractivity contribution < 1.29 is 19.0 Å². The van der Waals surface area contributed by atoms with E-state index in [2.05, 4.69) is 40.8 Å². The molecule has 140 valence electrons. The van der Waals surface area contributed by atoms with Gasteiger partial charge in [-0.05, 0) is 84.2 Å². The van der Waals surface area contributed by atoms with Crippen molar-refractivity contribution in [3.63, 3.8) is 0 Å². The molecule has 0 aromatic heterocycles. The molecule has 0 saturated heterocycles. The molecule has 5 heteroatoms. The zero-order valence-electron chi connectivity index (χ0n) is 15.5. The van der Waals surface area contributed by atoms with Crippen LogP contribution in [0.4, 0.5) is 0 Å². The Morgan fingerprint density at radius 3 is 2.23 bits per heavy atom. The van der Waals surface area contributed by atoms with Crippen LogP contribution in [-0.2, 0) is 16.0 Å². The summed E-state index contributed by atoms with van der Waals surface area (Å²) in [4.78, 5) is 10.8. The van der Waals surface area contributed by atoms with E-state index in [1.54, 1.807) is 14.2 Å². The lowest BCUT2D eigenvalue weighted by molar-refractivity contribution is -0.141. The maximum atomic E-state index is 10.8. The van der Waals surface area contributed by atoms with Crippen molar-refractivity contribution in [1.29, 1.82) is 0 Å². The van der Waals surface area contributed by atoms with E-state index in [-0.39, 0.29) is 5.97 Å². The van der Waals surface area contributed by atoms with Gasteiger partial charge in [0.25, 0.3) is 0 Å². The molecule has 2 rings (SSSR count). The molecule has 0 bridgehead atoms. The van der Waals surface area contributed by atoms with Crippen LogP contribution in [0, 0.1) is 3.57 Å². The van der Waals surface area contributed by atoms with Crippen molar-refractivity contribution in [2.45, 2.75) is 32.6 Å². The minimum Gasteiger partial charge on any atom is -0.496 e. The highest BCUT2D eigenvalue weighted by molar-refractivity contribution is 14.1. The Kier molecular flexibility index (Phi) is 8.22.